The molecule has 0 aromatic heterocycles. The fourth-order valence-corrected chi connectivity index (χ4v) is 1.61. The van der Waals surface area contributed by atoms with Crippen molar-refractivity contribution in [2.24, 2.45) is 0 Å². The zero-order valence-corrected chi connectivity index (χ0v) is 9.27. The molecule has 0 aliphatic rings. The highest BCUT2D eigenvalue weighted by atomic mass is 16.6. The normalized spacial score (nSPS) is 13.9. The van der Waals surface area contributed by atoms with Gasteiger partial charge in [-0.1, -0.05) is 37.3 Å². The van der Waals surface area contributed by atoms with Gasteiger partial charge in [0.05, 0.1) is 0 Å². The second kappa shape index (κ2) is 4.79. The van der Waals surface area contributed by atoms with Crippen LogP contribution in [-0.4, -0.2) is 17.0 Å². The Bertz CT molecular complexity index is 385. The average Bonchev–Trinajstić information content (AvgIpc) is 2.26. The predicted molar refractivity (Wildman–Crippen MR) is 57.8 cm³/mol. The zero-order chi connectivity index (χ0) is 12.2. The highest BCUT2D eigenvalue weighted by Gasteiger charge is 2.42. The van der Waals surface area contributed by atoms with Crippen LogP contribution in [0.5, 0.6) is 0 Å². The Kier molecular flexibility index (Phi) is 3.66. The number of hydrogen-bond acceptors (Lipinski definition) is 3. The summed E-state index contributed by atoms with van der Waals surface area (Å²) >= 11 is 0. The number of ether oxygens (including phenoxy) is 1. The van der Waals surface area contributed by atoms with Crippen molar-refractivity contribution in [3.8, 4) is 0 Å². The van der Waals surface area contributed by atoms with Crippen LogP contribution in [0.15, 0.2) is 30.3 Å². The van der Waals surface area contributed by atoms with Crippen LogP contribution in [0.4, 0.5) is 0 Å². The maximum absolute atomic E-state index is 11.3. The van der Waals surface area contributed by atoms with E-state index in [-0.39, 0.29) is 6.42 Å². The minimum atomic E-state index is -1.58. The molecule has 1 unspecified atom stereocenters. The molecule has 0 bridgehead atoms. The van der Waals surface area contributed by atoms with Crippen LogP contribution < -0.4 is 0 Å². The molecular formula is C12H14O4. The highest BCUT2D eigenvalue weighted by molar-refractivity contribution is 5.82. The maximum Gasteiger partial charge on any atom is 0.352 e. The van der Waals surface area contributed by atoms with Gasteiger partial charge in [-0.05, 0) is 6.42 Å². The second-order valence-electron chi connectivity index (χ2n) is 3.45. The molecule has 0 saturated carbocycles. The van der Waals surface area contributed by atoms with Crippen LogP contribution in [0.1, 0.15) is 25.8 Å². The fourth-order valence-electron chi connectivity index (χ4n) is 1.61. The number of hydrogen-bond donors (Lipinski definition) is 1. The fraction of sp³-hybridized carbons (Fsp3) is 0.333. The van der Waals surface area contributed by atoms with Crippen molar-refractivity contribution < 1.29 is 19.4 Å². The second-order valence-corrected chi connectivity index (χ2v) is 3.45. The third kappa shape index (κ3) is 2.21. The van der Waals surface area contributed by atoms with Gasteiger partial charge < -0.3 is 9.84 Å². The Balaban J connectivity index is 3.23. The average molecular weight is 222 g/mol. The van der Waals surface area contributed by atoms with E-state index in [1.165, 1.54) is 6.92 Å². The van der Waals surface area contributed by atoms with Crippen molar-refractivity contribution in [1.29, 1.82) is 0 Å². The number of aliphatic carboxylic acids is 1. The van der Waals surface area contributed by atoms with Gasteiger partial charge in [0, 0.05) is 12.5 Å². The third-order valence-electron chi connectivity index (χ3n) is 2.40. The summed E-state index contributed by atoms with van der Waals surface area (Å²) in [5.74, 6) is -1.76. The van der Waals surface area contributed by atoms with Gasteiger partial charge in [-0.15, -0.1) is 0 Å². The number of carbonyl (C=O) groups excluding carboxylic acids is 1. The predicted octanol–water partition coefficient (Wildman–Crippen LogP) is 1.94. The van der Waals surface area contributed by atoms with Crippen molar-refractivity contribution in [2.45, 2.75) is 25.9 Å². The lowest BCUT2D eigenvalue weighted by molar-refractivity contribution is -0.179. The SMILES string of the molecule is CCC(OC(C)=O)(C(=O)O)c1ccccc1. The summed E-state index contributed by atoms with van der Waals surface area (Å²) < 4.78 is 5.00. The number of carboxylic acids is 1. The van der Waals surface area contributed by atoms with E-state index in [9.17, 15) is 14.7 Å². The molecule has 4 nitrogen and oxygen atoms in total. The van der Waals surface area contributed by atoms with Crippen molar-refractivity contribution in [2.75, 3.05) is 0 Å². The topological polar surface area (TPSA) is 63.6 Å². The first-order valence-corrected chi connectivity index (χ1v) is 5.01. The summed E-state index contributed by atoms with van der Waals surface area (Å²) in [6.07, 6.45) is 0.186. The summed E-state index contributed by atoms with van der Waals surface area (Å²) in [5, 5.41) is 9.25. The van der Waals surface area contributed by atoms with Gasteiger partial charge in [0.1, 0.15) is 0 Å². The van der Waals surface area contributed by atoms with Gasteiger partial charge in [0.2, 0.25) is 5.60 Å². The van der Waals surface area contributed by atoms with Crippen molar-refractivity contribution in [3.05, 3.63) is 35.9 Å². The molecule has 0 radical (unpaired) electrons. The van der Waals surface area contributed by atoms with Gasteiger partial charge >= 0.3 is 11.9 Å². The van der Waals surface area contributed by atoms with Crippen LogP contribution in [-0.2, 0) is 19.9 Å². The summed E-state index contributed by atoms with van der Waals surface area (Å²) in [4.78, 5) is 22.3. The van der Waals surface area contributed by atoms with E-state index in [4.69, 9.17) is 4.74 Å². The molecule has 1 rings (SSSR count). The van der Waals surface area contributed by atoms with E-state index in [1.807, 2.05) is 0 Å². The lowest BCUT2D eigenvalue weighted by atomic mass is 9.91. The van der Waals surface area contributed by atoms with Gasteiger partial charge in [-0.3, -0.25) is 4.79 Å². The summed E-state index contributed by atoms with van der Waals surface area (Å²) in [6, 6.07) is 8.49. The summed E-state index contributed by atoms with van der Waals surface area (Å²) in [5.41, 5.74) is -1.10. The van der Waals surface area contributed by atoms with Crippen LogP contribution in [0.3, 0.4) is 0 Å². The van der Waals surface area contributed by atoms with Gasteiger partial charge in [0.25, 0.3) is 0 Å². The molecule has 1 aromatic carbocycles. The zero-order valence-electron chi connectivity index (χ0n) is 9.27. The molecular weight excluding hydrogens is 208 g/mol. The van der Waals surface area contributed by atoms with Gasteiger partial charge in [-0.25, -0.2) is 4.79 Å². The molecule has 16 heavy (non-hydrogen) atoms. The molecule has 0 spiro atoms. The molecule has 0 heterocycles. The Morgan fingerprint density at radius 1 is 1.31 bits per heavy atom. The minimum Gasteiger partial charge on any atom is -0.478 e. The first-order valence-electron chi connectivity index (χ1n) is 5.01. The largest absolute Gasteiger partial charge is 0.478 e. The molecule has 86 valence electrons. The Morgan fingerprint density at radius 3 is 2.25 bits per heavy atom. The Hall–Kier alpha value is -1.84. The molecule has 0 aliphatic carbocycles. The van der Waals surface area contributed by atoms with Crippen molar-refractivity contribution >= 4 is 11.9 Å². The highest BCUT2D eigenvalue weighted by Crippen LogP contribution is 2.30. The summed E-state index contributed by atoms with van der Waals surface area (Å²) in [7, 11) is 0. The van der Waals surface area contributed by atoms with E-state index >= 15 is 0 Å². The first-order chi connectivity index (χ1) is 7.53. The quantitative estimate of drug-likeness (QED) is 0.791. The van der Waals surface area contributed by atoms with E-state index in [2.05, 4.69) is 0 Å². The van der Waals surface area contributed by atoms with Crippen molar-refractivity contribution in [3.63, 3.8) is 0 Å². The van der Waals surface area contributed by atoms with E-state index in [0.29, 0.717) is 5.56 Å². The third-order valence-corrected chi connectivity index (χ3v) is 2.40. The molecule has 0 amide bonds. The van der Waals surface area contributed by atoms with Crippen LogP contribution in [0.2, 0.25) is 0 Å². The summed E-state index contributed by atoms with van der Waals surface area (Å²) in [6.45, 7) is 2.88. The molecule has 0 fully saturated rings. The smallest absolute Gasteiger partial charge is 0.352 e. The van der Waals surface area contributed by atoms with Gasteiger partial charge in [0.15, 0.2) is 0 Å². The maximum atomic E-state index is 11.3. The molecule has 0 aliphatic heterocycles. The lowest BCUT2D eigenvalue weighted by Gasteiger charge is -2.27. The molecule has 1 atom stereocenters. The number of esters is 1. The standard InChI is InChI=1S/C12H14O4/c1-3-12(11(14)15,16-9(2)13)10-7-5-4-6-8-10/h4-8H,3H2,1-2H3,(H,14,15). The molecule has 0 saturated heterocycles. The van der Waals surface area contributed by atoms with Crippen molar-refractivity contribution in [1.82, 2.24) is 0 Å². The van der Waals surface area contributed by atoms with Crippen LogP contribution >= 0.6 is 0 Å². The Labute approximate surface area is 93.9 Å². The van der Waals surface area contributed by atoms with E-state index in [0.717, 1.165) is 0 Å². The monoisotopic (exact) mass is 222 g/mol. The number of carbonyl (C=O) groups is 2. The van der Waals surface area contributed by atoms with E-state index < -0.39 is 17.5 Å². The van der Waals surface area contributed by atoms with Gasteiger partial charge in [-0.2, -0.15) is 0 Å². The Morgan fingerprint density at radius 2 is 1.88 bits per heavy atom. The lowest BCUT2D eigenvalue weighted by Crippen LogP contribution is -2.39. The molecule has 1 aromatic rings. The van der Waals surface area contributed by atoms with E-state index in [1.54, 1.807) is 37.3 Å². The molecule has 1 N–H and O–H groups in total. The van der Waals surface area contributed by atoms with Crippen LogP contribution in [0, 0.1) is 0 Å². The number of rotatable bonds is 4. The first kappa shape index (κ1) is 12.2. The number of benzene rings is 1. The van der Waals surface area contributed by atoms with Crippen LogP contribution in [0.25, 0.3) is 0 Å². The number of carboxylic acid groups (broad SMARTS) is 1. The minimum absolute atomic E-state index is 0.186. The molecule has 4 heteroatoms.